The first-order chi connectivity index (χ1) is 20.4. The molecule has 1 saturated carbocycles. The number of thioether (sulfide) groups is 1. The molecule has 218 valence electrons. The second-order valence-corrected chi connectivity index (χ2v) is 13.4. The molecule has 7 rings (SSSR count). The number of allylic oxidation sites excluding steroid dienone is 1. The van der Waals surface area contributed by atoms with Gasteiger partial charge in [-0.3, -0.25) is 10.6 Å². The number of nitrogens with zero attached hydrogens (tertiary/aromatic N) is 6. The van der Waals surface area contributed by atoms with Gasteiger partial charge in [-0.2, -0.15) is 5.10 Å². The number of fused-ring (bicyclic) bond motifs is 1. The van der Waals surface area contributed by atoms with E-state index in [4.69, 9.17) is 16.6 Å². The lowest BCUT2D eigenvalue weighted by Crippen LogP contribution is -2.49. The van der Waals surface area contributed by atoms with Gasteiger partial charge in [-0.25, -0.2) is 14.6 Å². The molecule has 9 nitrogen and oxygen atoms in total. The van der Waals surface area contributed by atoms with Crippen LogP contribution in [0.25, 0.3) is 28.0 Å². The number of anilines is 1. The fourth-order valence-electron chi connectivity index (χ4n) is 6.79. The zero-order valence-corrected chi connectivity index (χ0v) is 25.1. The topological polar surface area (TPSA) is 114 Å². The quantitative estimate of drug-likeness (QED) is 0.311. The Morgan fingerprint density at radius 3 is 2.29 bits per heavy atom. The highest BCUT2D eigenvalue weighted by Gasteiger charge is 2.37. The molecule has 2 fully saturated rings. The molecule has 4 aromatic rings. The minimum absolute atomic E-state index is 0.301. The minimum Gasteiger partial charge on any atom is -0.383 e. The molecule has 3 aliphatic rings. The van der Waals surface area contributed by atoms with Gasteiger partial charge < -0.3 is 16.0 Å². The van der Waals surface area contributed by atoms with Crippen LogP contribution in [-0.4, -0.2) is 68.8 Å². The van der Waals surface area contributed by atoms with Crippen molar-refractivity contribution in [1.82, 2.24) is 34.9 Å². The van der Waals surface area contributed by atoms with Crippen molar-refractivity contribution in [3.05, 3.63) is 77.0 Å². The van der Waals surface area contributed by atoms with Crippen molar-refractivity contribution in [2.75, 3.05) is 39.0 Å². The minimum atomic E-state index is -0.750. The van der Waals surface area contributed by atoms with Crippen molar-refractivity contribution < 1.29 is 0 Å². The van der Waals surface area contributed by atoms with Crippen LogP contribution in [0.5, 0.6) is 0 Å². The van der Waals surface area contributed by atoms with Gasteiger partial charge in [-0.05, 0) is 45.2 Å². The van der Waals surface area contributed by atoms with Crippen molar-refractivity contribution in [3.8, 4) is 11.3 Å². The lowest BCUT2D eigenvalue weighted by Gasteiger charge is -2.41. The Morgan fingerprint density at radius 2 is 1.57 bits per heavy atom. The summed E-state index contributed by atoms with van der Waals surface area (Å²) in [7, 11) is 2.22. The van der Waals surface area contributed by atoms with Crippen LogP contribution >= 0.6 is 11.8 Å². The highest BCUT2D eigenvalue weighted by molar-refractivity contribution is 8.04. The number of hydrogen-bond donors (Lipinski definition) is 3. The zero-order chi connectivity index (χ0) is 28.8. The summed E-state index contributed by atoms with van der Waals surface area (Å²) in [5, 5.41) is 9.56. The maximum absolute atomic E-state index is 6.92. The van der Waals surface area contributed by atoms with Gasteiger partial charge in [0.25, 0.3) is 0 Å². The first-order valence-corrected chi connectivity index (χ1v) is 15.8. The number of piperazine rings is 1. The number of hydrogen-bond acceptors (Lipinski definition) is 9. The molecule has 0 spiro atoms. The molecule has 42 heavy (non-hydrogen) atoms. The molecule has 0 radical (unpaired) electrons. The van der Waals surface area contributed by atoms with E-state index in [0.29, 0.717) is 17.9 Å². The van der Waals surface area contributed by atoms with E-state index in [1.54, 1.807) is 18.1 Å². The summed E-state index contributed by atoms with van der Waals surface area (Å²) in [5.74, 6) is 0.465. The third kappa shape index (κ3) is 4.96. The number of likely N-dealkylation sites (N-methyl/N-ethyl adjacent to an activating group) is 1. The molecule has 10 heteroatoms. The summed E-state index contributed by atoms with van der Waals surface area (Å²) in [5.41, 5.74) is 19.2. The van der Waals surface area contributed by atoms with Crippen molar-refractivity contribution >= 4 is 34.3 Å². The lowest BCUT2D eigenvalue weighted by atomic mass is 9.90. The van der Waals surface area contributed by atoms with Crippen LogP contribution in [0.4, 0.5) is 5.82 Å². The van der Waals surface area contributed by atoms with Crippen LogP contribution in [0.3, 0.4) is 0 Å². The van der Waals surface area contributed by atoms with Crippen LogP contribution in [0, 0.1) is 0 Å². The van der Waals surface area contributed by atoms with Gasteiger partial charge in [0, 0.05) is 48.3 Å². The van der Waals surface area contributed by atoms with Gasteiger partial charge in [0.1, 0.15) is 17.8 Å². The van der Waals surface area contributed by atoms with Gasteiger partial charge in [0.05, 0.1) is 17.1 Å². The smallest absolute Gasteiger partial charge is 0.165 e. The Kier molecular flexibility index (Phi) is 7.17. The van der Waals surface area contributed by atoms with E-state index in [1.165, 1.54) is 30.8 Å². The summed E-state index contributed by atoms with van der Waals surface area (Å²) in [6.45, 7) is 6.77. The first kappa shape index (κ1) is 27.4. The Bertz CT molecular complexity index is 1600. The highest BCUT2D eigenvalue weighted by Crippen LogP contribution is 2.45. The molecule has 4 heterocycles. The fourth-order valence-corrected chi connectivity index (χ4v) is 7.95. The standard InChI is InChI=1S/C32H39N9S/c1-21-28(22-6-4-3-5-7-22)37-32(34,42-21)24-10-8-23(9-11-24)29-27-30(33)35-20-36-31(27)41(38-29)26-14-12-25(13-15-26)40-18-16-39(2)17-19-40/h3-11,20,25-26,37H,12-19,34H2,1-2H3,(H2,33,35,36). The van der Waals surface area contributed by atoms with Crippen LogP contribution in [-0.2, 0) is 4.99 Å². The predicted octanol–water partition coefficient (Wildman–Crippen LogP) is 4.60. The van der Waals surface area contributed by atoms with Crippen LogP contribution in [0.1, 0.15) is 49.8 Å². The van der Waals surface area contributed by atoms with Crippen LogP contribution in [0.15, 0.2) is 65.8 Å². The predicted molar refractivity (Wildman–Crippen MR) is 171 cm³/mol. The van der Waals surface area contributed by atoms with E-state index in [1.807, 2.05) is 18.2 Å². The Morgan fingerprint density at radius 1 is 0.881 bits per heavy atom. The molecular formula is C32H39N9S. The molecule has 2 aromatic heterocycles. The molecule has 2 aliphatic heterocycles. The number of nitrogens with two attached hydrogens (primary N) is 2. The largest absolute Gasteiger partial charge is 0.383 e. The highest BCUT2D eigenvalue weighted by atomic mass is 32.2. The van der Waals surface area contributed by atoms with Crippen LogP contribution in [0.2, 0.25) is 0 Å². The average Bonchev–Trinajstić information content (AvgIpc) is 3.57. The normalized spacial score (nSPS) is 25.7. The van der Waals surface area contributed by atoms with Gasteiger partial charge in [-0.1, -0.05) is 66.4 Å². The lowest BCUT2D eigenvalue weighted by molar-refractivity contribution is 0.0815. The monoisotopic (exact) mass is 581 g/mol. The maximum atomic E-state index is 6.92. The van der Waals surface area contributed by atoms with E-state index < -0.39 is 4.99 Å². The first-order valence-electron chi connectivity index (χ1n) is 14.9. The number of rotatable bonds is 5. The molecule has 2 aromatic carbocycles. The molecule has 1 unspecified atom stereocenters. The Labute approximate surface area is 251 Å². The van der Waals surface area contributed by atoms with E-state index >= 15 is 0 Å². The summed E-state index contributed by atoms with van der Waals surface area (Å²) in [6, 6.07) is 19.6. The van der Waals surface area contributed by atoms with E-state index in [-0.39, 0.29) is 0 Å². The van der Waals surface area contributed by atoms with E-state index in [2.05, 4.69) is 80.1 Å². The van der Waals surface area contributed by atoms with Crippen molar-refractivity contribution in [2.24, 2.45) is 5.73 Å². The average molecular weight is 582 g/mol. The van der Waals surface area contributed by atoms with Crippen molar-refractivity contribution in [1.29, 1.82) is 0 Å². The third-order valence-electron chi connectivity index (χ3n) is 9.21. The summed E-state index contributed by atoms with van der Waals surface area (Å²) in [6.07, 6.45) is 6.10. The van der Waals surface area contributed by atoms with E-state index in [9.17, 15) is 0 Å². The van der Waals surface area contributed by atoms with Gasteiger partial charge in [-0.15, -0.1) is 0 Å². The van der Waals surface area contributed by atoms with Crippen LogP contribution < -0.4 is 16.8 Å². The molecule has 1 aliphatic carbocycles. The molecule has 1 saturated heterocycles. The number of benzene rings is 2. The summed E-state index contributed by atoms with van der Waals surface area (Å²) in [4.78, 5) is 14.5. The molecule has 0 bridgehead atoms. The third-order valence-corrected chi connectivity index (χ3v) is 10.4. The van der Waals surface area contributed by atoms with Crippen molar-refractivity contribution in [2.45, 2.75) is 49.7 Å². The number of nitrogens with one attached hydrogen (secondary N) is 1. The molecule has 0 amide bonds. The molecular weight excluding hydrogens is 542 g/mol. The summed E-state index contributed by atoms with van der Waals surface area (Å²) < 4.78 is 2.12. The number of nitrogen functional groups attached to an aromatic ring is 1. The van der Waals surface area contributed by atoms with Gasteiger partial charge in [0.15, 0.2) is 10.6 Å². The van der Waals surface area contributed by atoms with Crippen molar-refractivity contribution in [3.63, 3.8) is 0 Å². The fraction of sp³-hybridized carbons (Fsp3) is 0.406. The Balaban J connectivity index is 1.13. The second kappa shape index (κ2) is 11.0. The van der Waals surface area contributed by atoms with E-state index in [0.717, 1.165) is 65.0 Å². The summed E-state index contributed by atoms with van der Waals surface area (Å²) >= 11 is 1.64. The number of aromatic nitrogens is 4. The van der Waals surface area contributed by atoms with Gasteiger partial charge >= 0.3 is 0 Å². The maximum Gasteiger partial charge on any atom is 0.165 e. The van der Waals surface area contributed by atoms with Gasteiger partial charge in [0.2, 0.25) is 0 Å². The molecule has 5 N–H and O–H groups in total. The second-order valence-electron chi connectivity index (χ2n) is 11.9. The Hall–Kier alpha value is -3.44. The molecule has 1 atom stereocenters. The SMILES string of the molecule is CC1=C(c2ccccc2)NC(N)(c2ccc(-c3nn(C4CCC(N5CCN(C)CC5)CC4)c4ncnc(N)c34)cc2)S1. The zero-order valence-electron chi connectivity index (χ0n) is 24.3.